The van der Waals surface area contributed by atoms with Crippen molar-refractivity contribution in [1.82, 2.24) is 30.4 Å². The van der Waals surface area contributed by atoms with Gasteiger partial charge in [-0.15, -0.1) is 20.4 Å². The Kier molecular flexibility index (Phi) is 3.87. The smallest absolute Gasteiger partial charge is 0.221 e. The van der Waals surface area contributed by atoms with E-state index < -0.39 is 0 Å². The quantitative estimate of drug-likeness (QED) is 0.699. The normalized spacial score (nSPS) is 9.80. The Balaban J connectivity index is 0.00000147. The second kappa shape index (κ2) is 5.76. The lowest BCUT2D eigenvalue weighted by atomic mass is 10.3. The molecule has 0 radical (unpaired) electrons. The molecule has 0 aromatic carbocycles. The first-order valence-corrected chi connectivity index (χ1v) is 5.53. The standard InChI is InChI=1S/C12H9N7.H2O/c13-8-4-5-10(15-7-8)12-18-16-11(17-19-12)9-3-1-2-6-14-9;/h1-7H,13H2;1H2. The van der Waals surface area contributed by atoms with E-state index in [1.165, 1.54) is 6.20 Å². The van der Waals surface area contributed by atoms with Gasteiger partial charge in [0.05, 0.1) is 11.9 Å². The van der Waals surface area contributed by atoms with Crippen LogP contribution in [0.15, 0.2) is 42.7 Å². The Labute approximate surface area is 114 Å². The molecule has 3 aromatic rings. The molecule has 0 fully saturated rings. The van der Waals surface area contributed by atoms with E-state index in [4.69, 9.17) is 5.73 Å². The van der Waals surface area contributed by atoms with E-state index in [1.807, 2.05) is 12.1 Å². The summed E-state index contributed by atoms with van der Waals surface area (Å²) in [5, 5.41) is 16.0. The van der Waals surface area contributed by atoms with Crippen molar-refractivity contribution in [2.75, 3.05) is 5.73 Å². The van der Waals surface area contributed by atoms with Gasteiger partial charge < -0.3 is 11.2 Å². The van der Waals surface area contributed by atoms with E-state index in [0.29, 0.717) is 28.7 Å². The van der Waals surface area contributed by atoms with Gasteiger partial charge in [0.1, 0.15) is 11.4 Å². The molecule has 3 aromatic heterocycles. The van der Waals surface area contributed by atoms with Gasteiger partial charge in [-0.25, -0.2) is 0 Å². The SMILES string of the molecule is Nc1ccc(-c2nnc(-c3ccccn3)nn2)nc1.O. The van der Waals surface area contributed by atoms with Gasteiger partial charge in [-0.2, -0.15) is 0 Å². The van der Waals surface area contributed by atoms with Crippen molar-refractivity contribution >= 4 is 5.69 Å². The lowest BCUT2D eigenvalue weighted by molar-refractivity contribution is 0.824. The zero-order chi connectivity index (χ0) is 13.1. The lowest BCUT2D eigenvalue weighted by Crippen LogP contribution is -2.01. The molecule has 0 saturated carbocycles. The molecule has 0 bridgehead atoms. The highest BCUT2D eigenvalue weighted by atomic mass is 16.0. The molecule has 3 heterocycles. The number of hydrogen-bond acceptors (Lipinski definition) is 7. The van der Waals surface area contributed by atoms with Crippen LogP contribution >= 0.6 is 0 Å². The molecule has 0 atom stereocenters. The van der Waals surface area contributed by atoms with Crippen molar-refractivity contribution in [1.29, 1.82) is 0 Å². The summed E-state index contributed by atoms with van der Waals surface area (Å²) in [4.78, 5) is 8.23. The number of nitrogens with zero attached hydrogens (tertiary/aromatic N) is 6. The summed E-state index contributed by atoms with van der Waals surface area (Å²) in [5.74, 6) is 0.722. The number of hydrogen-bond donors (Lipinski definition) is 1. The van der Waals surface area contributed by atoms with Gasteiger partial charge in [-0.05, 0) is 24.3 Å². The van der Waals surface area contributed by atoms with Crippen LogP contribution in [-0.2, 0) is 0 Å². The summed E-state index contributed by atoms with van der Waals surface area (Å²) in [5.41, 5.74) is 7.34. The fraction of sp³-hybridized carbons (Fsp3) is 0. The van der Waals surface area contributed by atoms with Gasteiger partial charge in [-0.1, -0.05) is 6.07 Å². The molecule has 3 rings (SSSR count). The van der Waals surface area contributed by atoms with Crippen molar-refractivity contribution in [3.05, 3.63) is 42.7 Å². The topological polar surface area (TPSA) is 135 Å². The van der Waals surface area contributed by atoms with Crippen LogP contribution in [0.25, 0.3) is 23.0 Å². The van der Waals surface area contributed by atoms with E-state index in [1.54, 1.807) is 24.4 Å². The van der Waals surface area contributed by atoms with Gasteiger partial charge in [0.25, 0.3) is 0 Å². The third-order valence-electron chi connectivity index (χ3n) is 2.39. The van der Waals surface area contributed by atoms with Crippen molar-refractivity contribution < 1.29 is 5.48 Å². The van der Waals surface area contributed by atoms with Gasteiger partial charge in [-0.3, -0.25) is 9.97 Å². The Hall–Kier alpha value is -3.00. The summed E-state index contributed by atoms with van der Waals surface area (Å²) in [6.07, 6.45) is 3.19. The monoisotopic (exact) mass is 269 g/mol. The number of nitrogen functional groups attached to an aromatic ring is 1. The summed E-state index contributed by atoms with van der Waals surface area (Å²) in [6, 6.07) is 8.89. The van der Waals surface area contributed by atoms with Crippen molar-refractivity contribution in [3.8, 4) is 23.0 Å². The molecule has 0 unspecified atom stereocenters. The maximum atomic E-state index is 5.56. The predicted octanol–water partition coefficient (Wildman–Crippen LogP) is 0.148. The van der Waals surface area contributed by atoms with Gasteiger partial charge >= 0.3 is 0 Å². The van der Waals surface area contributed by atoms with Gasteiger partial charge in [0.15, 0.2) is 0 Å². The number of rotatable bonds is 2. The van der Waals surface area contributed by atoms with Crippen LogP contribution in [0.5, 0.6) is 0 Å². The average Bonchev–Trinajstić information content (AvgIpc) is 2.49. The number of nitrogens with two attached hydrogens (primary N) is 1. The molecule has 0 amide bonds. The molecule has 0 aliphatic carbocycles. The number of pyridine rings is 2. The Morgan fingerprint density at radius 2 is 1.40 bits per heavy atom. The van der Waals surface area contributed by atoms with E-state index in [2.05, 4.69) is 30.4 Å². The molecule has 0 saturated heterocycles. The van der Waals surface area contributed by atoms with Crippen LogP contribution in [0.2, 0.25) is 0 Å². The maximum Gasteiger partial charge on any atom is 0.221 e. The minimum atomic E-state index is 0. The summed E-state index contributed by atoms with van der Waals surface area (Å²) < 4.78 is 0. The predicted molar refractivity (Wildman–Crippen MR) is 72.1 cm³/mol. The highest BCUT2D eigenvalue weighted by Gasteiger charge is 2.07. The van der Waals surface area contributed by atoms with Crippen LogP contribution in [0.4, 0.5) is 5.69 Å². The zero-order valence-corrected chi connectivity index (χ0v) is 10.3. The minimum absolute atomic E-state index is 0. The van der Waals surface area contributed by atoms with Gasteiger partial charge in [0, 0.05) is 6.20 Å². The Morgan fingerprint density at radius 1 is 0.750 bits per heavy atom. The van der Waals surface area contributed by atoms with E-state index in [-0.39, 0.29) is 5.48 Å². The lowest BCUT2D eigenvalue weighted by Gasteiger charge is -1.99. The first-order chi connectivity index (χ1) is 9.33. The largest absolute Gasteiger partial charge is 0.412 e. The molecular formula is C12H11N7O. The molecule has 4 N–H and O–H groups in total. The molecule has 100 valence electrons. The average molecular weight is 269 g/mol. The highest BCUT2D eigenvalue weighted by Crippen LogP contribution is 2.13. The van der Waals surface area contributed by atoms with E-state index >= 15 is 0 Å². The number of aromatic nitrogens is 6. The van der Waals surface area contributed by atoms with E-state index in [0.717, 1.165) is 0 Å². The van der Waals surface area contributed by atoms with Crippen LogP contribution in [0.3, 0.4) is 0 Å². The Morgan fingerprint density at radius 3 is 1.90 bits per heavy atom. The third kappa shape index (κ3) is 2.70. The molecule has 0 aliphatic heterocycles. The second-order valence-corrected chi connectivity index (χ2v) is 3.74. The molecule has 0 spiro atoms. The maximum absolute atomic E-state index is 5.56. The molecule has 8 nitrogen and oxygen atoms in total. The molecule has 20 heavy (non-hydrogen) atoms. The van der Waals surface area contributed by atoms with Crippen molar-refractivity contribution in [2.45, 2.75) is 0 Å². The fourth-order valence-corrected chi connectivity index (χ4v) is 1.47. The van der Waals surface area contributed by atoms with Crippen LogP contribution in [-0.4, -0.2) is 35.8 Å². The zero-order valence-electron chi connectivity index (χ0n) is 10.3. The molecule has 8 heteroatoms. The molecular weight excluding hydrogens is 258 g/mol. The second-order valence-electron chi connectivity index (χ2n) is 3.74. The highest BCUT2D eigenvalue weighted by molar-refractivity contribution is 5.52. The summed E-state index contributed by atoms with van der Waals surface area (Å²) in [7, 11) is 0. The van der Waals surface area contributed by atoms with Crippen LogP contribution in [0, 0.1) is 0 Å². The number of anilines is 1. The third-order valence-corrected chi connectivity index (χ3v) is 2.39. The van der Waals surface area contributed by atoms with Gasteiger partial charge in [0.2, 0.25) is 11.6 Å². The summed E-state index contributed by atoms with van der Waals surface area (Å²) >= 11 is 0. The minimum Gasteiger partial charge on any atom is -0.412 e. The first kappa shape index (κ1) is 13.4. The first-order valence-electron chi connectivity index (χ1n) is 5.53. The summed E-state index contributed by atoms with van der Waals surface area (Å²) in [6.45, 7) is 0. The fourth-order valence-electron chi connectivity index (χ4n) is 1.47. The Bertz CT molecular complexity index is 670. The molecule has 0 aliphatic rings. The van der Waals surface area contributed by atoms with E-state index in [9.17, 15) is 0 Å². The van der Waals surface area contributed by atoms with Crippen molar-refractivity contribution in [3.63, 3.8) is 0 Å². The van der Waals surface area contributed by atoms with Crippen LogP contribution < -0.4 is 5.73 Å². The van der Waals surface area contributed by atoms with Crippen molar-refractivity contribution in [2.24, 2.45) is 0 Å². The van der Waals surface area contributed by atoms with Crippen LogP contribution in [0.1, 0.15) is 0 Å².